The summed E-state index contributed by atoms with van der Waals surface area (Å²) in [4.78, 5) is 12.6. The third kappa shape index (κ3) is 2.08. The molecular weight excluding hydrogens is 224 g/mol. The van der Waals surface area contributed by atoms with Gasteiger partial charge in [-0.3, -0.25) is 4.90 Å². The first-order valence-corrected chi connectivity index (χ1v) is 6.78. The van der Waals surface area contributed by atoms with Crippen LogP contribution in [0, 0.1) is 0 Å². The normalized spacial score (nSPS) is 17.5. The lowest BCUT2D eigenvalue weighted by molar-refractivity contribution is 0.258. The second-order valence-corrected chi connectivity index (χ2v) is 4.90. The number of nitrogens with zero attached hydrogens (tertiary/aromatic N) is 3. The Morgan fingerprint density at radius 1 is 1.22 bits per heavy atom. The van der Waals surface area contributed by atoms with Crippen LogP contribution < -0.4 is 4.90 Å². The monoisotopic (exact) mass is 244 g/mol. The number of hydrogen-bond donors (Lipinski definition) is 1. The maximum absolute atomic E-state index is 4.44. The number of fused-ring (bicyclic) bond motifs is 1. The van der Waals surface area contributed by atoms with Crippen molar-refractivity contribution in [2.75, 3.05) is 37.6 Å². The fourth-order valence-corrected chi connectivity index (χ4v) is 2.73. The minimum Gasteiger partial charge on any atom is -0.367 e. The van der Waals surface area contributed by atoms with E-state index in [4.69, 9.17) is 0 Å². The first-order chi connectivity index (χ1) is 8.88. The van der Waals surface area contributed by atoms with E-state index < -0.39 is 0 Å². The van der Waals surface area contributed by atoms with Gasteiger partial charge in [-0.25, -0.2) is 4.98 Å². The number of H-pyrrole nitrogens is 1. The number of benzene rings is 1. The SMILES string of the molecule is CCCN1CCN(c2cccc3[nH]cnc23)CC1. The zero-order valence-electron chi connectivity index (χ0n) is 10.9. The van der Waals surface area contributed by atoms with Gasteiger partial charge < -0.3 is 9.88 Å². The smallest absolute Gasteiger partial charge is 0.112 e. The minimum atomic E-state index is 1.10. The second-order valence-electron chi connectivity index (χ2n) is 4.90. The Kier molecular flexibility index (Phi) is 3.19. The number of aromatic amines is 1. The summed E-state index contributed by atoms with van der Waals surface area (Å²) in [6, 6.07) is 6.37. The molecule has 96 valence electrons. The van der Waals surface area contributed by atoms with Crippen LogP contribution in [-0.4, -0.2) is 47.6 Å². The summed E-state index contributed by atoms with van der Waals surface area (Å²) >= 11 is 0. The van der Waals surface area contributed by atoms with Gasteiger partial charge in [-0.2, -0.15) is 0 Å². The van der Waals surface area contributed by atoms with Crippen LogP contribution in [0.4, 0.5) is 5.69 Å². The number of aromatic nitrogens is 2. The molecule has 4 heteroatoms. The lowest BCUT2D eigenvalue weighted by atomic mass is 10.2. The molecule has 2 aromatic rings. The Balaban J connectivity index is 1.78. The third-order valence-corrected chi connectivity index (χ3v) is 3.68. The molecule has 1 aliphatic heterocycles. The van der Waals surface area contributed by atoms with E-state index in [1.807, 2.05) is 0 Å². The van der Waals surface area contributed by atoms with Crippen LogP contribution in [0.25, 0.3) is 11.0 Å². The van der Waals surface area contributed by atoms with Gasteiger partial charge in [-0.05, 0) is 25.1 Å². The minimum absolute atomic E-state index is 1.10. The standard InChI is InChI=1S/C14H20N4/c1-2-6-17-7-9-18(10-8-17)13-5-3-4-12-14(13)16-11-15-12/h3-5,11H,2,6-10H2,1H3,(H,15,16). The molecule has 1 aromatic carbocycles. The molecule has 1 fully saturated rings. The quantitative estimate of drug-likeness (QED) is 0.898. The van der Waals surface area contributed by atoms with E-state index >= 15 is 0 Å². The molecule has 0 spiro atoms. The van der Waals surface area contributed by atoms with Crippen molar-refractivity contribution in [1.29, 1.82) is 0 Å². The van der Waals surface area contributed by atoms with Crippen LogP contribution in [0.2, 0.25) is 0 Å². The molecule has 1 aliphatic rings. The third-order valence-electron chi connectivity index (χ3n) is 3.68. The van der Waals surface area contributed by atoms with Crippen LogP contribution in [0.3, 0.4) is 0 Å². The van der Waals surface area contributed by atoms with Gasteiger partial charge in [-0.1, -0.05) is 13.0 Å². The van der Waals surface area contributed by atoms with Crippen molar-refractivity contribution in [3.8, 4) is 0 Å². The van der Waals surface area contributed by atoms with Crippen molar-refractivity contribution < 1.29 is 0 Å². The molecule has 0 radical (unpaired) electrons. The number of hydrogen-bond acceptors (Lipinski definition) is 3. The maximum Gasteiger partial charge on any atom is 0.112 e. The van der Waals surface area contributed by atoms with E-state index in [0.29, 0.717) is 0 Å². The van der Waals surface area contributed by atoms with E-state index in [-0.39, 0.29) is 0 Å². The molecule has 3 rings (SSSR count). The van der Waals surface area contributed by atoms with E-state index in [2.05, 4.69) is 44.9 Å². The molecule has 0 atom stereocenters. The zero-order valence-corrected chi connectivity index (χ0v) is 10.9. The first kappa shape index (κ1) is 11.5. The second kappa shape index (κ2) is 4.98. The highest BCUT2D eigenvalue weighted by atomic mass is 15.3. The molecule has 0 aliphatic carbocycles. The Labute approximate surface area is 108 Å². The van der Waals surface area contributed by atoms with Gasteiger partial charge in [-0.15, -0.1) is 0 Å². The van der Waals surface area contributed by atoms with Crippen LogP contribution >= 0.6 is 0 Å². The molecule has 1 aromatic heterocycles. The van der Waals surface area contributed by atoms with Crippen molar-refractivity contribution in [1.82, 2.24) is 14.9 Å². The molecule has 1 saturated heterocycles. The van der Waals surface area contributed by atoms with Crippen LogP contribution in [-0.2, 0) is 0 Å². The van der Waals surface area contributed by atoms with Crippen molar-refractivity contribution in [3.05, 3.63) is 24.5 Å². The number of piperazine rings is 1. The van der Waals surface area contributed by atoms with Gasteiger partial charge in [0.2, 0.25) is 0 Å². The number of rotatable bonds is 3. The topological polar surface area (TPSA) is 35.2 Å². The number of nitrogens with one attached hydrogen (secondary N) is 1. The van der Waals surface area contributed by atoms with E-state index in [0.717, 1.165) is 37.2 Å². The van der Waals surface area contributed by atoms with Crippen molar-refractivity contribution >= 4 is 16.7 Å². The van der Waals surface area contributed by atoms with Gasteiger partial charge in [0.1, 0.15) is 5.52 Å². The number of para-hydroxylation sites is 1. The summed E-state index contributed by atoms with van der Waals surface area (Å²) < 4.78 is 0. The van der Waals surface area contributed by atoms with Gasteiger partial charge >= 0.3 is 0 Å². The lowest BCUT2D eigenvalue weighted by Gasteiger charge is -2.36. The summed E-state index contributed by atoms with van der Waals surface area (Å²) in [7, 11) is 0. The Morgan fingerprint density at radius 3 is 2.83 bits per heavy atom. The van der Waals surface area contributed by atoms with Gasteiger partial charge in [0.05, 0.1) is 17.5 Å². The Bertz CT molecular complexity index is 511. The predicted molar refractivity (Wildman–Crippen MR) is 75.0 cm³/mol. The highest BCUT2D eigenvalue weighted by Crippen LogP contribution is 2.24. The first-order valence-electron chi connectivity index (χ1n) is 6.78. The number of anilines is 1. The van der Waals surface area contributed by atoms with Crippen LogP contribution in [0.15, 0.2) is 24.5 Å². The fourth-order valence-electron chi connectivity index (χ4n) is 2.73. The average Bonchev–Trinajstić information content (AvgIpc) is 2.88. The summed E-state index contributed by atoms with van der Waals surface area (Å²) in [5.41, 5.74) is 3.50. The van der Waals surface area contributed by atoms with Crippen LogP contribution in [0.5, 0.6) is 0 Å². The zero-order chi connectivity index (χ0) is 12.4. The van der Waals surface area contributed by atoms with Crippen molar-refractivity contribution in [3.63, 3.8) is 0 Å². The molecule has 0 bridgehead atoms. The summed E-state index contributed by atoms with van der Waals surface area (Å²) in [6.45, 7) is 8.00. The number of imidazole rings is 1. The molecule has 2 heterocycles. The molecule has 4 nitrogen and oxygen atoms in total. The van der Waals surface area contributed by atoms with Crippen molar-refractivity contribution in [2.24, 2.45) is 0 Å². The summed E-state index contributed by atoms with van der Waals surface area (Å²) in [5.74, 6) is 0. The molecule has 0 amide bonds. The molecule has 18 heavy (non-hydrogen) atoms. The summed E-state index contributed by atoms with van der Waals surface area (Å²) in [6.07, 6.45) is 3.02. The predicted octanol–water partition coefficient (Wildman–Crippen LogP) is 2.09. The van der Waals surface area contributed by atoms with E-state index in [1.54, 1.807) is 6.33 Å². The Hall–Kier alpha value is -1.55. The van der Waals surface area contributed by atoms with Gasteiger partial charge in [0.15, 0.2) is 0 Å². The largest absolute Gasteiger partial charge is 0.367 e. The maximum atomic E-state index is 4.44. The van der Waals surface area contributed by atoms with Gasteiger partial charge in [0, 0.05) is 26.2 Å². The highest BCUT2D eigenvalue weighted by Gasteiger charge is 2.18. The Morgan fingerprint density at radius 2 is 2.06 bits per heavy atom. The van der Waals surface area contributed by atoms with Gasteiger partial charge in [0.25, 0.3) is 0 Å². The van der Waals surface area contributed by atoms with Crippen molar-refractivity contribution in [2.45, 2.75) is 13.3 Å². The van der Waals surface area contributed by atoms with Crippen LogP contribution in [0.1, 0.15) is 13.3 Å². The molecule has 0 saturated carbocycles. The average molecular weight is 244 g/mol. The molecular formula is C14H20N4. The molecule has 1 N–H and O–H groups in total. The molecule has 0 unspecified atom stereocenters. The highest BCUT2D eigenvalue weighted by molar-refractivity contribution is 5.88. The lowest BCUT2D eigenvalue weighted by Crippen LogP contribution is -2.46. The fraction of sp³-hybridized carbons (Fsp3) is 0.500. The van der Waals surface area contributed by atoms with E-state index in [9.17, 15) is 0 Å². The summed E-state index contributed by atoms with van der Waals surface area (Å²) in [5, 5.41) is 0. The van der Waals surface area contributed by atoms with E-state index in [1.165, 1.54) is 18.7 Å².